The molecule has 5 nitrogen and oxygen atoms in total. The third kappa shape index (κ3) is 3.92. The summed E-state index contributed by atoms with van der Waals surface area (Å²) < 4.78 is 21.8. The van der Waals surface area contributed by atoms with Crippen molar-refractivity contribution in [2.75, 3.05) is 0 Å². The highest BCUT2D eigenvalue weighted by atomic mass is 35.5. The van der Waals surface area contributed by atoms with E-state index in [1.807, 2.05) is 4.57 Å². The number of rotatable bonds is 3. The Morgan fingerprint density at radius 3 is 2.73 bits per heavy atom. The first-order chi connectivity index (χ1) is 14.1. The van der Waals surface area contributed by atoms with E-state index in [1.54, 1.807) is 24.5 Å². The summed E-state index contributed by atoms with van der Waals surface area (Å²) >= 11 is 7.08. The Morgan fingerprint density at radius 1 is 1.13 bits per heavy atom. The minimum Gasteiger partial charge on any atom is -0.487 e. The third-order valence-electron chi connectivity index (χ3n) is 5.93. The van der Waals surface area contributed by atoms with Crippen LogP contribution in [0.2, 0.25) is 0 Å². The van der Waals surface area contributed by atoms with Gasteiger partial charge >= 0.3 is 0 Å². The predicted octanol–water partition coefficient (Wildman–Crippen LogP) is 4.89. The zero-order valence-corrected chi connectivity index (χ0v) is 17.9. The first-order valence-electron chi connectivity index (χ1n) is 9.96. The summed E-state index contributed by atoms with van der Waals surface area (Å²) in [5, 5.41) is 11.6. The lowest BCUT2D eigenvalue weighted by Gasteiger charge is -2.36. The van der Waals surface area contributed by atoms with Gasteiger partial charge in [-0.15, -0.1) is 34.2 Å². The van der Waals surface area contributed by atoms with Crippen LogP contribution in [0.4, 0.5) is 4.39 Å². The van der Waals surface area contributed by atoms with E-state index in [2.05, 4.69) is 33.7 Å². The first kappa shape index (κ1) is 21.1. The number of fused-ring (bicyclic) bond motifs is 3. The minimum absolute atomic E-state index is 0. The molecule has 2 aromatic carbocycles. The number of nitrogens with one attached hydrogen (secondary N) is 1. The second-order valence-corrected chi connectivity index (χ2v) is 8.50. The van der Waals surface area contributed by atoms with Crippen molar-refractivity contribution < 1.29 is 9.13 Å². The Hall–Kier alpha value is -2.15. The molecule has 3 aromatic rings. The number of nitrogens with zero attached hydrogens (tertiary/aromatic N) is 3. The highest BCUT2D eigenvalue weighted by molar-refractivity contribution is 6.24. The van der Waals surface area contributed by atoms with Crippen LogP contribution in [0.25, 0.3) is 5.69 Å². The van der Waals surface area contributed by atoms with E-state index in [9.17, 15) is 4.39 Å². The van der Waals surface area contributed by atoms with Crippen LogP contribution in [-0.2, 0) is 18.0 Å². The SMILES string of the molecule is Cl.Fc1ccccc1OC1CCC(Cl)(c2ccc3c(c2)CNCc2nncn2-3)CC1. The molecule has 158 valence electrons. The van der Waals surface area contributed by atoms with Gasteiger partial charge in [0.15, 0.2) is 17.4 Å². The number of halogens is 3. The molecule has 1 aromatic heterocycles. The Bertz CT molecular complexity index is 1030. The van der Waals surface area contributed by atoms with E-state index in [-0.39, 0.29) is 24.3 Å². The summed E-state index contributed by atoms with van der Waals surface area (Å²) in [4.78, 5) is -0.424. The van der Waals surface area contributed by atoms with Crippen molar-refractivity contribution in [2.24, 2.45) is 0 Å². The number of benzene rings is 2. The summed E-state index contributed by atoms with van der Waals surface area (Å²) in [6.45, 7) is 1.45. The molecule has 0 unspecified atom stereocenters. The van der Waals surface area contributed by atoms with E-state index in [1.165, 1.54) is 11.6 Å². The van der Waals surface area contributed by atoms with Crippen LogP contribution in [-0.4, -0.2) is 20.9 Å². The zero-order valence-electron chi connectivity index (χ0n) is 16.4. The van der Waals surface area contributed by atoms with Gasteiger partial charge in [-0.1, -0.05) is 24.3 Å². The lowest BCUT2D eigenvalue weighted by molar-refractivity contribution is 0.133. The Morgan fingerprint density at radius 2 is 1.93 bits per heavy atom. The second kappa shape index (κ2) is 8.53. The molecule has 1 fully saturated rings. The Kier molecular flexibility index (Phi) is 6.00. The monoisotopic (exact) mass is 448 g/mol. The Balaban J connectivity index is 0.00000218. The molecule has 30 heavy (non-hydrogen) atoms. The van der Waals surface area contributed by atoms with Gasteiger partial charge in [-0.2, -0.15) is 0 Å². The normalized spacial score (nSPS) is 22.9. The van der Waals surface area contributed by atoms with Gasteiger partial charge in [-0.25, -0.2) is 4.39 Å². The average molecular weight is 449 g/mol. The van der Waals surface area contributed by atoms with Crippen molar-refractivity contribution in [2.45, 2.75) is 49.8 Å². The van der Waals surface area contributed by atoms with Gasteiger partial charge in [0, 0.05) is 6.54 Å². The van der Waals surface area contributed by atoms with Crippen molar-refractivity contribution in [3.05, 3.63) is 71.6 Å². The van der Waals surface area contributed by atoms with Crippen molar-refractivity contribution in [3.63, 3.8) is 0 Å². The molecular formula is C22H23Cl2FN4O. The van der Waals surface area contributed by atoms with Crippen molar-refractivity contribution in [1.29, 1.82) is 0 Å². The topological polar surface area (TPSA) is 52.0 Å². The van der Waals surface area contributed by atoms with Gasteiger partial charge in [0.25, 0.3) is 0 Å². The van der Waals surface area contributed by atoms with Gasteiger partial charge in [0.1, 0.15) is 6.33 Å². The zero-order chi connectivity index (χ0) is 19.8. The maximum atomic E-state index is 13.9. The van der Waals surface area contributed by atoms with Crippen LogP contribution in [0.1, 0.15) is 42.6 Å². The molecule has 1 N–H and O–H groups in total. The summed E-state index contributed by atoms with van der Waals surface area (Å²) in [6, 6.07) is 13.0. The van der Waals surface area contributed by atoms with Gasteiger partial charge in [-0.3, -0.25) is 4.57 Å². The molecule has 0 bridgehead atoms. The molecule has 5 rings (SSSR count). The molecule has 1 saturated carbocycles. The second-order valence-electron chi connectivity index (χ2n) is 7.78. The van der Waals surface area contributed by atoms with Gasteiger partial charge in [0.2, 0.25) is 0 Å². The van der Waals surface area contributed by atoms with E-state index >= 15 is 0 Å². The molecule has 1 aliphatic heterocycles. The van der Waals surface area contributed by atoms with Gasteiger partial charge in [0.05, 0.1) is 23.2 Å². The maximum absolute atomic E-state index is 13.9. The quantitative estimate of drug-likeness (QED) is 0.579. The highest BCUT2D eigenvalue weighted by Gasteiger charge is 2.36. The molecular weight excluding hydrogens is 426 g/mol. The summed E-state index contributed by atoms with van der Waals surface area (Å²) in [7, 11) is 0. The molecule has 0 saturated heterocycles. The van der Waals surface area contributed by atoms with Crippen molar-refractivity contribution in [3.8, 4) is 11.4 Å². The fourth-order valence-corrected chi connectivity index (χ4v) is 4.64. The molecule has 2 aliphatic rings. The number of ether oxygens (including phenoxy) is 1. The highest BCUT2D eigenvalue weighted by Crippen LogP contribution is 2.44. The van der Waals surface area contributed by atoms with Crippen LogP contribution in [0.15, 0.2) is 48.8 Å². The van der Waals surface area contributed by atoms with Crippen molar-refractivity contribution >= 4 is 24.0 Å². The fourth-order valence-electron chi connectivity index (χ4n) is 4.31. The maximum Gasteiger partial charge on any atom is 0.165 e. The van der Waals surface area contributed by atoms with Crippen molar-refractivity contribution in [1.82, 2.24) is 20.1 Å². The van der Waals surface area contributed by atoms with Gasteiger partial charge in [-0.05, 0) is 55.0 Å². The Labute approximate surface area is 186 Å². The molecule has 0 amide bonds. The van der Waals surface area contributed by atoms with E-state index in [4.69, 9.17) is 16.3 Å². The number of aromatic nitrogens is 3. The van der Waals surface area contributed by atoms with Crippen LogP contribution >= 0.6 is 24.0 Å². The average Bonchev–Trinajstić information content (AvgIpc) is 3.13. The van der Waals surface area contributed by atoms with Crippen LogP contribution in [0.5, 0.6) is 5.75 Å². The third-order valence-corrected chi connectivity index (χ3v) is 6.52. The predicted molar refractivity (Wildman–Crippen MR) is 116 cm³/mol. The lowest BCUT2D eigenvalue weighted by Crippen LogP contribution is -2.32. The molecule has 8 heteroatoms. The summed E-state index contributed by atoms with van der Waals surface area (Å²) in [5.74, 6) is 0.908. The van der Waals surface area contributed by atoms with Crippen LogP contribution in [0, 0.1) is 5.82 Å². The van der Waals surface area contributed by atoms with Gasteiger partial charge < -0.3 is 10.1 Å². The smallest absolute Gasteiger partial charge is 0.165 e. The minimum atomic E-state index is -0.424. The molecule has 2 heterocycles. The lowest BCUT2D eigenvalue weighted by atomic mass is 9.81. The standard InChI is InChI=1S/C22H22ClFN4O.ClH/c23-22(9-7-17(8-10-22)29-20-4-2-1-3-18(20)24)16-5-6-19-15(11-16)12-25-13-21-27-26-14-28(19)21;/h1-6,11,14,17,25H,7-10,12-13H2;1H. The van der Waals surface area contributed by atoms with Crippen LogP contribution < -0.4 is 10.1 Å². The van der Waals surface area contributed by atoms with E-state index in [0.717, 1.165) is 49.3 Å². The molecule has 0 spiro atoms. The number of hydrogen-bond acceptors (Lipinski definition) is 4. The molecule has 0 radical (unpaired) electrons. The largest absolute Gasteiger partial charge is 0.487 e. The summed E-state index contributed by atoms with van der Waals surface area (Å²) in [6.07, 6.45) is 4.91. The summed E-state index contributed by atoms with van der Waals surface area (Å²) in [5.41, 5.74) is 3.40. The number of alkyl halides is 1. The van der Waals surface area contributed by atoms with E-state index in [0.29, 0.717) is 12.3 Å². The fraction of sp³-hybridized carbons (Fsp3) is 0.364. The number of hydrogen-bond donors (Lipinski definition) is 1. The molecule has 1 aliphatic carbocycles. The first-order valence-corrected chi connectivity index (χ1v) is 10.3. The number of para-hydroxylation sites is 1. The van der Waals surface area contributed by atoms with E-state index < -0.39 is 4.87 Å². The molecule has 0 atom stereocenters. The van der Waals surface area contributed by atoms with Crippen LogP contribution in [0.3, 0.4) is 0 Å².